The van der Waals surface area contributed by atoms with Crippen molar-refractivity contribution in [2.45, 2.75) is 13.8 Å². The van der Waals surface area contributed by atoms with Crippen molar-refractivity contribution in [1.29, 1.82) is 0 Å². The number of hydrogen-bond donors (Lipinski definition) is 1. The van der Waals surface area contributed by atoms with Crippen LogP contribution in [0.2, 0.25) is 0 Å². The zero-order chi connectivity index (χ0) is 16.8. The molecule has 1 nitrogen and oxygen atoms in total. The molecule has 2 heteroatoms. The van der Waals surface area contributed by atoms with E-state index in [9.17, 15) is 0 Å². The van der Waals surface area contributed by atoms with Crippen LogP contribution in [0.25, 0.3) is 32.7 Å². The molecule has 0 saturated carbocycles. The number of hydrogen-bond acceptors (Lipinski definition) is 1. The Hall–Kier alpha value is -2.74. The van der Waals surface area contributed by atoms with E-state index < -0.39 is 0 Å². The summed E-state index contributed by atoms with van der Waals surface area (Å²) < 4.78 is 0. The largest absolute Gasteiger partial charge is 0.398 e. The molecule has 0 saturated heterocycles. The van der Waals surface area contributed by atoms with E-state index in [4.69, 9.17) is 5.73 Å². The summed E-state index contributed by atoms with van der Waals surface area (Å²) in [7, 11) is 2.20. The highest BCUT2D eigenvalue weighted by Gasteiger charge is 2.13. The topological polar surface area (TPSA) is 26.0 Å². The van der Waals surface area contributed by atoms with Crippen molar-refractivity contribution in [2.24, 2.45) is 0 Å². The fourth-order valence-electron chi connectivity index (χ4n) is 3.64. The zero-order valence-corrected chi connectivity index (χ0v) is 14.4. The predicted octanol–water partition coefficient (Wildman–Crippen LogP) is 4.12. The molecule has 0 aromatic heterocycles. The fraction of sp³-hybridized carbons (Fsp3) is 0.0909. The van der Waals surface area contributed by atoms with Gasteiger partial charge in [-0.3, -0.25) is 0 Å². The van der Waals surface area contributed by atoms with E-state index in [0.29, 0.717) is 0 Å². The van der Waals surface area contributed by atoms with Crippen LogP contribution in [0.4, 0.5) is 5.69 Å². The highest BCUT2D eigenvalue weighted by atomic mass is 14.6. The monoisotopic (exact) mass is 309 g/mol. The third kappa shape index (κ3) is 2.10. The van der Waals surface area contributed by atoms with Crippen LogP contribution in [0.15, 0.2) is 60.7 Å². The minimum absolute atomic E-state index is 0.877. The Kier molecular flexibility index (Phi) is 3.35. The van der Waals surface area contributed by atoms with Crippen LogP contribution in [0.5, 0.6) is 0 Å². The van der Waals surface area contributed by atoms with Gasteiger partial charge >= 0.3 is 0 Å². The molecule has 4 rings (SSSR count). The molecule has 0 fully saturated rings. The maximum absolute atomic E-state index is 6.33. The predicted molar refractivity (Wildman–Crippen MR) is 109 cm³/mol. The van der Waals surface area contributed by atoms with Crippen LogP contribution >= 0.6 is 0 Å². The van der Waals surface area contributed by atoms with Crippen LogP contribution in [0.3, 0.4) is 0 Å². The van der Waals surface area contributed by atoms with E-state index in [1.165, 1.54) is 38.3 Å². The van der Waals surface area contributed by atoms with Crippen LogP contribution in [-0.2, 0) is 0 Å². The van der Waals surface area contributed by atoms with Gasteiger partial charge in [0.2, 0.25) is 0 Å². The lowest BCUT2D eigenvalue weighted by atomic mass is 9.82. The first kappa shape index (κ1) is 14.8. The lowest BCUT2D eigenvalue weighted by Crippen LogP contribution is -2.09. The van der Waals surface area contributed by atoms with Gasteiger partial charge in [-0.05, 0) is 52.8 Å². The first-order valence-electron chi connectivity index (χ1n) is 8.35. The van der Waals surface area contributed by atoms with Gasteiger partial charge < -0.3 is 5.73 Å². The summed E-state index contributed by atoms with van der Waals surface area (Å²) in [5.41, 5.74) is 13.6. The van der Waals surface area contributed by atoms with Crippen molar-refractivity contribution in [2.75, 3.05) is 5.73 Å². The molecule has 2 N–H and O–H groups in total. The Balaban J connectivity index is 2.19. The number of benzene rings is 4. The Labute approximate surface area is 143 Å². The lowest BCUT2D eigenvalue weighted by molar-refractivity contribution is 1.49. The molecule has 0 spiro atoms. The van der Waals surface area contributed by atoms with E-state index in [0.717, 1.165) is 16.6 Å². The fourth-order valence-corrected chi connectivity index (χ4v) is 3.64. The van der Waals surface area contributed by atoms with Crippen molar-refractivity contribution < 1.29 is 0 Å². The Bertz CT molecular complexity index is 1010. The molecule has 0 unspecified atom stereocenters. The normalized spacial score (nSPS) is 11.2. The van der Waals surface area contributed by atoms with Crippen molar-refractivity contribution >= 4 is 40.5 Å². The second-order valence-electron chi connectivity index (χ2n) is 6.61. The molecule has 4 aromatic carbocycles. The number of fused-ring (bicyclic) bond motifs is 2. The minimum Gasteiger partial charge on any atom is -0.398 e. The average molecular weight is 309 g/mol. The highest BCUT2D eigenvalue weighted by Crippen LogP contribution is 2.37. The van der Waals surface area contributed by atoms with Gasteiger partial charge in [-0.25, -0.2) is 0 Å². The summed E-state index contributed by atoms with van der Waals surface area (Å²) in [6.07, 6.45) is 0. The average Bonchev–Trinajstić information content (AvgIpc) is 2.61. The number of anilines is 1. The SMILES string of the molecule is Bc1c(C)cc(-c2cc(C)c(N)c3ccccc23)c2ccccc12. The smallest absolute Gasteiger partial charge is 0.140 e. The van der Waals surface area contributed by atoms with E-state index in [1.54, 1.807) is 0 Å². The van der Waals surface area contributed by atoms with Gasteiger partial charge in [0.15, 0.2) is 0 Å². The molecule has 0 heterocycles. The van der Waals surface area contributed by atoms with E-state index in [2.05, 4.69) is 82.4 Å². The van der Waals surface area contributed by atoms with Gasteiger partial charge in [-0.2, -0.15) is 0 Å². The van der Waals surface area contributed by atoms with Gasteiger partial charge in [-0.15, -0.1) is 0 Å². The number of aryl methyl sites for hydroxylation is 2. The first-order chi connectivity index (χ1) is 11.6. The molecule has 0 atom stereocenters. The Morgan fingerprint density at radius 2 is 1.12 bits per heavy atom. The minimum atomic E-state index is 0.877. The van der Waals surface area contributed by atoms with Gasteiger partial charge in [-0.1, -0.05) is 65.6 Å². The van der Waals surface area contributed by atoms with Gasteiger partial charge in [0.25, 0.3) is 0 Å². The maximum atomic E-state index is 6.33. The summed E-state index contributed by atoms with van der Waals surface area (Å²) in [6, 6.07) is 21.6. The number of nitrogen functional groups attached to an aromatic ring is 1. The van der Waals surface area contributed by atoms with Crippen LogP contribution in [0, 0.1) is 13.8 Å². The summed E-state index contributed by atoms with van der Waals surface area (Å²) in [4.78, 5) is 0. The van der Waals surface area contributed by atoms with Crippen molar-refractivity contribution in [3.05, 3.63) is 71.8 Å². The quantitative estimate of drug-likeness (QED) is 0.415. The van der Waals surface area contributed by atoms with E-state index in [-0.39, 0.29) is 0 Å². The lowest BCUT2D eigenvalue weighted by Gasteiger charge is -2.16. The maximum Gasteiger partial charge on any atom is 0.140 e. The van der Waals surface area contributed by atoms with Gasteiger partial charge in [0.1, 0.15) is 7.85 Å². The molecule has 0 bridgehead atoms. The molecule has 0 amide bonds. The summed E-state index contributed by atoms with van der Waals surface area (Å²) >= 11 is 0. The Morgan fingerprint density at radius 3 is 1.75 bits per heavy atom. The van der Waals surface area contributed by atoms with Gasteiger partial charge in [0, 0.05) is 11.1 Å². The summed E-state index contributed by atoms with van der Waals surface area (Å²) in [6.45, 7) is 4.28. The number of nitrogens with two attached hydrogens (primary N) is 1. The highest BCUT2D eigenvalue weighted by molar-refractivity contribution is 6.40. The molecule has 4 aromatic rings. The molecule has 0 radical (unpaired) electrons. The summed E-state index contributed by atoms with van der Waals surface area (Å²) in [5.74, 6) is 0. The van der Waals surface area contributed by atoms with Crippen molar-refractivity contribution in [1.82, 2.24) is 0 Å². The van der Waals surface area contributed by atoms with Crippen LogP contribution in [-0.4, -0.2) is 7.85 Å². The molecule has 0 aliphatic carbocycles. The summed E-state index contributed by atoms with van der Waals surface area (Å²) in [5, 5.41) is 4.98. The van der Waals surface area contributed by atoms with Crippen LogP contribution in [0.1, 0.15) is 11.1 Å². The molecule has 116 valence electrons. The Morgan fingerprint density at radius 1 is 0.667 bits per heavy atom. The molecule has 24 heavy (non-hydrogen) atoms. The second-order valence-corrected chi connectivity index (χ2v) is 6.61. The second kappa shape index (κ2) is 5.42. The van der Waals surface area contributed by atoms with Crippen molar-refractivity contribution in [3.63, 3.8) is 0 Å². The molecule has 0 aliphatic heterocycles. The zero-order valence-electron chi connectivity index (χ0n) is 14.4. The van der Waals surface area contributed by atoms with E-state index in [1.807, 2.05) is 0 Å². The first-order valence-corrected chi connectivity index (χ1v) is 8.35. The van der Waals surface area contributed by atoms with Crippen LogP contribution < -0.4 is 11.2 Å². The molecular weight excluding hydrogens is 289 g/mol. The molecule has 0 aliphatic rings. The van der Waals surface area contributed by atoms with E-state index >= 15 is 0 Å². The third-order valence-corrected chi connectivity index (χ3v) is 5.16. The van der Waals surface area contributed by atoms with Crippen molar-refractivity contribution in [3.8, 4) is 11.1 Å². The van der Waals surface area contributed by atoms with Gasteiger partial charge in [0.05, 0.1) is 0 Å². The standard InChI is InChI=1S/C22H20BN/c1-13-11-19(15-7-3-5-9-17(15)21(13)23)20-12-14(2)22(24)18-10-6-4-8-16(18)20/h3-12H,23-24H2,1-2H3. The third-order valence-electron chi connectivity index (χ3n) is 5.16. The number of rotatable bonds is 1. The molecular formula is C22H20BN.